The van der Waals surface area contributed by atoms with E-state index in [-0.39, 0.29) is 0 Å². The largest absolute Gasteiger partial charge is 0.0888 e. The van der Waals surface area contributed by atoms with Crippen molar-refractivity contribution in [2.75, 3.05) is 0 Å². The topological polar surface area (TPSA) is 0 Å². The normalized spacial score (nSPS) is 14.8. The Kier molecular flexibility index (Phi) is 9.67. The summed E-state index contributed by atoms with van der Waals surface area (Å²) in [7, 11) is 0. The fourth-order valence-corrected chi connectivity index (χ4v) is 2.02. The van der Waals surface area contributed by atoms with Gasteiger partial charge in [0.2, 0.25) is 0 Å². The van der Waals surface area contributed by atoms with E-state index in [4.69, 9.17) is 0 Å². The van der Waals surface area contributed by atoms with Crippen LogP contribution in [0.15, 0.2) is 23.8 Å². The predicted octanol–water partition coefficient (Wildman–Crippen LogP) is 5.51. The van der Waals surface area contributed by atoms with E-state index >= 15 is 0 Å². The van der Waals surface area contributed by atoms with E-state index in [2.05, 4.69) is 45.9 Å². The monoisotopic (exact) mass is 208 g/mol. The summed E-state index contributed by atoms with van der Waals surface area (Å²) in [5.74, 6) is 0.787. The molecule has 1 atom stereocenters. The molecule has 0 aromatic carbocycles. The quantitative estimate of drug-likeness (QED) is 0.365. The van der Waals surface area contributed by atoms with Crippen molar-refractivity contribution in [3.63, 3.8) is 0 Å². The number of unbranched alkanes of at least 4 members (excludes halogenated alkanes) is 2. The average molecular weight is 208 g/mol. The molecule has 1 unspecified atom stereocenters. The van der Waals surface area contributed by atoms with Crippen LogP contribution in [0, 0.1) is 5.92 Å². The van der Waals surface area contributed by atoms with Crippen molar-refractivity contribution >= 4 is 0 Å². The van der Waals surface area contributed by atoms with Gasteiger partial charge in [0.25, 0.3) is 0 Å². The van der Waals surface area contributed by atoms with Gasteiger partial charge in [-0.15, -0.1) is 0 Å². The molecule has 0 aliphatic carbocycles. The van der Waals surface area contributed by atoms with Crippen molar-refractivity contribution in [1.29, 1.82) is 0 Å². The highest BCUT2D eigenvalue weighted by molar-refractivity contribution is 5.03. The van der Waals surface area contributed by atoms with Gasteiger partial charge in [0.1, 0.15) is 0 Å². The van der Waals surface area contributed by atoms with Gasteiger partial charge < -0.3 is 0 Å². The third kappa shape index (κ3) is 7.41. The van der Waals surface area contributed by atoms with E-state index in [0.717, 1.165) is 5.92 Å². The lowest BCUT2D eigenvalue weighted by molar-refractivity contribution is 0.549. The summed E-state index contributed by atoms with van der Waals surface area (Å²) < 4.78 is 0. The molecule has 0 saturated carbocycles. The molecule has 0 saturated heterocycles. The minimum Gasteiger partial charge on any atom is -0.0888 e. The van der Waals surface area contributed by atoms with Crippen LogP contribution in [0.25, 0.3) is 0 Å². The maximum Gasteiger partial charge on any atom is -0.0232 e. The summed E-state index contributed by atoms with van der Waals surface area (Å²) in [4.78, 5) is 0. The van der Waals surface area contributed by atoms with Crippen LogP contribution in [-0.2, 0) is 0 Å². The molecule has 0 aliphatic rings. The van der Waals surface area contributed by atoms with Gasteiger partial charge >= 0.3 is 0 Å². The van der Waals surface area contributed by atoms with E-state index < -0.39 is 0 Å². The van der Waals surface area contributed by atoms with E-state index in [1.165, 1.54) is 38.5 Å². The van der Waals surface area contributed by atoms with Crippen LogP contribution in [0.4, 0.5) is 0 Å². The average Bonchev–Trinajstić information content (AvgIpc) is 2.25. The van der Waals surface area contributed by atoms with Crippen molar-refractivity contribution in [2.24, 2.45) is 5.92 Å². The third-order valence-corrected chi connectivity index (χ3v) is 3.07. The van der Waals surface area contributed by atoms with Gasteiger partial charge in [-0.1, -0.05) is 51.0 Å². The highest BCUT2D eigenvalue weighted by atomic mass is 14.1. The summed E-state index contributed by atoms with van der Waals surface area (Å²) in [6, 6.07) is 0. The fraction of sp³-hybridized carbons (Fsp3) is 0.733. The first kappa shape index (κ1) is 14.5. The second kappa shape index (κ2) is 10.0. The molecular formula is C15H28. The summed E-state index contributed by atoms with van der Waals surface area (Å²) in [6.45, 7) is 8.98. The van der Waals surface area contributed by atoms with Gasteiger partial charge in [-0.25, -0.2) is 0 Å². The van der Waals surface area contributed by atoms with E-state index in [1.54, 1.807) is 5.57 Å². The van der Waals surface area contributed by atoms with Crippen LogP contribution in [0.1, 0.15) is 66.2 Å². The van der Waals surface area contributed by atoms with E-state index in [0.29, 0.717) is 0 Å². The lowest BCUT2D eigenvalue weighted by Gasteiger charge is -2.13. The molecule has 0 aromatic rings. The summed E-state index contributed by atoms with van der Waals surface area (Å²) in [6.07, 6.45) is 14.6. The van der Waals surface area contributed by atoms with Crippen molar-refractivity contribution in [3.8, 4) is 0 Å². The Hall–Kier alpha value is -0.520. The zero-order valence-electron chi connectivity index (χ0n) is 11.1. The smallest absolute Gasteiger partial charge is 0.0232 e. The zero-order valence-corrected chi connectivity index (χ0v) is 11.1. The maximum absolute atomic E-state index is 2.36. The molecule has 0 bridgehead atoms. The van der Waals surface area contributed by atoms with Crippen LogP contribution in [0.2, 0.25) is 0 Å². The van der Waals surface area contributed by atoms with Gasteiger partial charge in [0.05, 0.1) is 0 Å². The van der Waals surface area contributed by atoms with Crippen LogP contribution in [0.3, 0.4) is 0 Å². The zero-order chi connectivity index (χ0) is 11.5. The van der Waals surface area contributed by atoms with Crippen LogP contribution in [0.5, 0.6) is 0 Å². The minimum atomic E-state index is 0.787. The molecule has 15 heavy (non-hydrogen) atoms. The molecular weight excluding hydrogens is 180 g/mol. The Morgan fingerprint density at radius 2 is 1.87 bits per heavy atom. The minimum absolute atomic E-state index is 0.787. The maximum atomic E-state index is 2.36. The standard InChI is InChI=1S/C15H28/c1-5-8-9-10-11-12-13-14(4)15(6-2)7-3/h6,8-9,14H,5,7,10-13H2,1-4H3. The Morgan fingerprint density at radius 3 is 2.40 bits per heavy atom. The van der Waals surface area contributed by atoms with Gasteiger partial charge in [-0.3, -0.25) is 0 Å². The molecule has 0 amide bonds. The van der Waals surface area contributed by atoms with Gasteiger partial charge in [-0.2, -0.15) is 0 Å². The van der Waals surface area contributed by atoms with Crippen molar-refractivity contribution in [2.45, 2.75) is 66.2 Å². The van der Waals surface area contributed by atoms with Gasteiger partial charge in [-0.05, 0) is 44.9 Å². The second-order valence-electron chi connectivity index (χ2n) is 4.28. The molecule has 0 aromatic heterocycles. The van der Waals surface area contributed by atoms with Crippen LogP contribution in [-0.4, -0.2) is 0 Å². The molecule has 0 fully saturated rings. The Morgan fingerprint density at radius 1 is 1.13 bits per heavy atom. The molecule has 0 aliphatic heterocycles. The first-order valence-electron chi connectivity index (χ1n) is 6.56. The molecule has 0 heteroatoms. The van der Waals surface area contributed by atoms with Crippen LogP contribution < -0.4 is 0 Å². The van der Waals surface area contributed by atoms with E-state index in [1.807, 2.05) is 0 Å². The van der Waals surface area contributed by atoms with E-state index in [9.17, 15) is 0 Å². The first-order chi connectivity index (χ1) is 7.26. The molecule has 88 valence electrons. The first-order valence-corrected chi connectivity index (χ1v) is 6.56. The SMILES string of the molecule is CC=C(CC)C(C)CCCCC=CCC. The van der Waals surface area contributed by atoms with Gasteiger partial charge in [0, 0.05) is 0 Å². The fourth-order valence-electron chi connectivity index (χ4n) is 2.02. The van der Waals surface area contributed by atoms with Gasteiger partial charge in [0.15, 0.2) is 0 Å². The Labute approximate surface area is 96.5 Å². The number of allylic oxidation sites excluding steroid dienone is 4. The van der Waals surface area contributed by atoms with Crippen LogP contribution >= 0.6 is 0 Å². The summed E-state index contributed by atoms with van der Waals surface area (Å²) in [5, 5.41) is 0. The molecule has 0 radical (unpaired) electrons. The highest BCUT2D eigenvalue weighted by Crippen LogP contribution is 2.20. The molecule has 0 spiro atoms. The number of rotatable bonds is 8. The lowest BCUT2D eigenvalue weighted by Crippen LogP contribution is -1.98. The summed E-state index contributed by atoms with van der Waals surface area (Å²) >= 11 is 0. The molecule has 0 N–H and O–H groups in total. The van der Waals surface area contributed by atoms with Crippen molar-refractivity contribution in [1.82, 2.24) is 0 Å². The molecule has 0 heterocycles. The third-order valence-electron chi connectivity index (χ3n) is 3.07. The molecule has 0 nitrogen and oxygen atoms in total. The second-order valence-corrected chi connectivity index (χ2v) is 4.28. The number of hydrogen-bond acceptors (Lipinski definition) is 0. The Bertz CT molecular complexity index is 186. The molecule has 0 rings (SSSR count). The predicted molar refractivity (Wildman–Crippen MR) is 71.1 cm³/mol. The van der Waals surface area contributed by atoms with Crippen molar-refractivity contribution in [3.05, 3.63) is 23.8 Å². The van der Waals surface area contributed by atoms with Crippen molar-refractivity contribution < 1.29 is 0 Å². The number of hydrogen-bond donors (Lipinski definition) is 0. The highest BCUT2D eigenvalue weighted by Gasteiger charge is 2.04. The lowest BCUT2D eigenvalue weighted by atomic mass is 9.93. The Balaban J connectivity index is 3.54. The summed E-state index contributed by atoms with van der Waals surface area (Å²) in [5.41, 5.74) is 1.62.